The standard InChI is InChI=1S/C26H17ClN2O5/c1-15-11-22-20(13-21(15)27)16(12-23(30)34-22)14-33-26(32)24-18-9-5-6-10-19(18)25(31)29(28-24)17-7-3-2-4-8-17/h2-13H,14H2,1H3. The Balaban J connectivity index is 1.57. The first kappa shape index (κ1) is 21.6. The van der Waals surface area contributed by atoms with Crippen LogP contribution in [0.2, 0.25) is 5.02 Å². The molecule has 0 unspecified atom stereocenters. The highest BCUT2D eigenvalue weighted by molar-refractivity contribution is 6.32. The third kappa shape index (κ3) is 3.86. The molecule has 0 spiro atoms. The molecule has 3 aromatic carbocycles. The van der Waals surface area contributed by atoms with Crippen molar-refractivity contribution in [1.82, 2.24) is 9.78 Å². The molecule has 168 valence electrons. The molecule has 0 bridgehead atoms. The Hall–Kier alpha value is -4.23. The lowest BCUT2D eigenvalue weighted by molar-refractivity contribution is 0.0467. The average Bonchev–Trinajstić information content (AvgIpc) is 2.84. The number of carbonyl (C=O) groups excluding carboxylic acids is 1. The molecule has 0 aliphatic heterocycles. The molecular weight excluding hydrogens is 456 g/mol. The van der Waals surface area contributed by atoms with E-state index < -0.39 is 11.6 Å². The highest BCUT2D eigenvalue weighted by Crippen LogP contribution is 2.26. The zero-order valence-corrected chi connectivity index (χ0v) is 18.7. The maximum absolute atomic E-state index is 13.1. The zero-order valence-electron chi connectivity index (χ0n) is 17.9. The second-order valence-corrected chi connectivity index (χ2v) is 8.12. The number of hydrogen-bond acceptors (Lipinski definition) is 6. The minimum Gasteiger partial charge on any atom is -0.456 e. The molecule has 0 saturated heterocycles. The van der Waals surface area contributed by atoms with E-state index in [0.717, 1.165) is 5.56 Å². The fourth-order valence-electron chi connectivity index (χ4n) is 3.76. The topological polar surface area (TPSA) is 91.4 Å². The molecule has 0 atom stereocenters. The van der Waals surface area contributed by atoms with E-state index >= 15 is 0 Å². The number of nitrogens with zero attached hydrogens (tertiary/aromatic N) is 2. The van der Waals surface area contributed by atoms with Crippen LogP contribution in [0.1, 0.15) is 21.6 Å². The second-order valence-electron chi connectivity index (χ2n) is 7.71. The first-order valence-electron chi connectivity index (χ1n) is 10.4. The van der Waals surface area contributed by atoms with Gasteiger partial charge >= 0.3 is 11.6 Å². The normalized spacial score (nSPS) is 11.1. The number of ether oxygens (including phenoxy) is 1. The molecule has 5 aromatic rings. The van der Waals surface area contributed by atoms with Gasteiger partial charge in [0.25, 0.3) is 5.56 Å². The van der Waals surface area contributed by atoms with E-state index in [1.807, 2.05) is 6.07 Å². The fraction of sp³-hybridized carbons (Fsp3) is 0.0769. The van der Waals surface area contributed by atoms with Crippen molar-refractivity contribution < 1.29 is 13.9 Å². The Bertz CT molecular complexity index is 1690. The molecule has 0 amide bonds. The maximum Gasteiger partial charge on any atom is 0.359 e. The van der Waals surface area contributed by atoms with Gasteiger partial charge in [0.1, 0.15) is 12.2 Å². The molecular formula is C26H17ClN2O5. The van der Waals surface area contributed by atoms with E-state index in [1.54, 1.807) is 67.6 Å². The Morgan fingerprint density at radius 1 is 0.971 bits per heavy atom. The summed E-state index contributed by atoms with van der Waals surface area (Å²) in [5.41, 5.74) is 1.13. The molecule has 5 rings (SSSR count). The summed E-state index contributed by atoms with van der Waals surface area (Å²) >= 11 is 6.24. The summed E-state index contributed by atoms with van der Waals surface area (Å²) in [6.45, 7) is 1.59. The van der Waals surface area contributed by atoms with Crippen LogP contribution in [-0.2, 0) is 11.3 Å². The van der Waals surface area contributed by atoms with E-state index in [4.69, 9.17) is 20.8 Å². The summed E-state index contributed by atoms with van der Waals surface area (Å²) in [6.07, 6.45) is 0. The van der Waals surface area contributed by atoms with Crippen LogP contribution in [0.5, 0.6) is 0 Å². The average molecular weight is 473 g/mol. The predicted octanol–water partition coefficient (Wildman–Crippen LogP) is 4.81. The minimum atomic E-state index is -0.736. The Morgan fingerprint density at radius 3 is 2.44 bits per heavy atom. The highest BCUT2D eigenvalue weighted by atomic mass is 35.5. The smallest absolute Gasteiger partial charge is 0.359 e. The summed E-state index contributed by atoms with van der Waals surface area (Å²) in [7, 11) is 0. The molecule has 0 saturated carbocycles. The minimum absolute atomic E-state index is 0.0137. The van der Waals surface area contributed by atoms with Crippen LogP contribution >= 0.6 is 11.6 Å². The van der Waals surface area contributed by atoms with Crippen molar-refractivity contribution in [3.8, 4) is 5.69 Å². The van der Waals surface area contributed by atoms with Crippen molar-refractivity contribution in [3.63, 3.8) is 0 Å². The Labute approximate surface area is 197 Å². The van der Waals surface area contributed by atoms with Crippen LogP contribution in [0.15, 0.2) is 86.8 Å². The molecule has 0 radical (unpaired) electrons. The van der Waals surface area contributed by atoms with Gasteiger partial charge in [-0.1, -0.05) is 48.0 Å². The van der Waals surface area contributed by atoms with Gasteiger partial charge in [0, 0.05) is 27.4 Å². The van der Waals surface area contributed by atoms with Crippen molar-refractivity contribution in [2.75, 3.05) is 0 Å². The number of carbonyl (C=O) groups is 1. The van der Waals surface area contributed by atoms with E-state index in [2.05, 4.69) is 5.10 Å². The van der Waals surface area contributed by atoms with Crippen LogP contribution in [0, 0.1) is 6.92 Å². The quantitative estimate of drug-likeness (QED) is 0.275. The number of para-hydroxylation sites is 1. The fourth-order valence-corrected chi connectivity index (χ4v) is 3.93. The Kier molecular flexibility index (Phi) is 5.47. The van der Waals surface area contributed by atoms with Crippen molar-refractivity contribution in [2.24, 2.45) is 0 Å². The third-order valence-electron chi connectivity index (χ3n) is 5.47. The van der Waals surface area contributed by atoms with Crippen LogP contribution in [0.3, 0.4) is 0 Å². The zero-order chi connectivity index (χ0) is 23.8. The maximum atomic E-state index is 13.1. The van der Waals surface area contributed by atoms with Crippen molar-refractivity contribution in [3.05, 3.63) is 115 Å². The summed E-state index contributed by atoms with van der Waals surface area (Å²) in [5.74, 6) is -0.736. The first-order valence-corrected chi connectivity index (χ1v) is 10.8. The van der Waals surface area contributed by atoms with Gasteiger partial charge in [-0.3, -0.25) is 4.79 Å². The number of halogens is 1. The van der Waals surface area contributed by atoms with E-state index in [0.29, 0.717) is 38.0 Å². The lowest BCUT2D eigenvalue weighted by Crippen LogP contribution is -2.25. The van der Waals surface area contributed by atoms with Gasteiger partial charge in [0.2, 0.25) is 0 Å². The van der Waals surface area contributed by atoms with Crippen LogP contribution < -0.4 is 11.2 Å². The van der Waals surface area contributed by atoms with Crippen LogP contribution in [-0.4, -0.2) is 15.7 Å². The summed E-state index contributed by atoms with van der Waals surface area (Å²) in [6, 6.07) is 20.1. The predicted molar refractivity (Wildman–Crippen MR) is 129 cm³/mol. The van der Waals surface area contributed by atoms with Crippen LogP contribution in [0.4, 0.5) is 0 Å². The van der Waals surface area contributed by atoms with Gasteiger partial charge in [0.15, 0.2) is 5.69 Å². The van der Waals surface area contributed by atoms with Gasteiger partial charge in [-0.25, -0.2) is 9.59 Å². The third-order valence-corrected chi connectivity index (χ3v) is 5.87. The lowest BCUT2D eigenvalue weighted by atomic mass is 10.1. The molecule has 0 aliphatic carbocycles. The number of rotatable bonds is 4. The molecule has 8 heteroatoms. The number of hydrogen-bond donors (Lipinski definition) is 0. The van der Waals surface area contributed by atoms with Crippen molar-refractivity contribution in [1.29, 1.82) is 0 Å². The van der Waals surface area contributed by atoms with Gasteiger partial charge in [-0.15, -0.1) is 0 Å². The largest absolute Gasteiger partial charge is 0.456 e. The van der Waals surface area contributed by atoms with Crippen molar-refractivity contribution in [2.45, 2.75) is 13.5 Å². The Morgan fingerprint density at radius 2 is 1.68 bits per heavy atom. The number of esters is 1. The molecule has 0 fully saturated rings. The summed E-state index contributed by atoms with van der Waals surface area (Å²) < 4.78 is 12.0. The first-order chi connectivity index (χ1) is 16.4. The van der Waals surface area contributed by atoms with Gasteiger partial charge in [0.05, 0.1) is 11.1 Å². The molecule has 34 heavy (non-hydrogen) atoms. The van der Waals surface area contributed by atoms with E-state index in [1.165, 1.54) is 10.7 Å². The molecule has 2 heterocycles. The lowest BCUT2D eigenvalue weighted by Gasteiger charge is -2.12. The number of benzene rings is 3. The van der Waals surface area contributed by atoms with Crippen LogP contribution in [0.25, 0.3) is 27.4 Å². The SMILES string of the molecule is Cc1cc2oc(=O)cc(COC(=O)c3nn(-c4ccccc4)c(=O)c4ccccc34)c2cc1Cl. The number of aromatic nitrogens is 2. The monoisotopic (exact) mass is 472 g/mol. The molecule has 2 aromatic heterocycles. The van der Waals surface area contributed by atoms with E-state index in [-0.39, 0.29) is 17.9 Å². The second kappa shape index (κ2) is 8.61. The van der Waals surface area contributed by atoms with Gasteiger partial charge < -0.3 is 9.15 Å². The highest BCUT2D eigenvalue weighted by Gasteiger charge is 2.19. The summed E-state index contributed by atoms with van der Waals surface area (Å²) in [4.78, 5) is 38.2. The van der Waals surface area contributed by atoms with Gasteiger partial charge in [-0.2, -0.15) is 9.78 Å². The molecule has 7 nitrogen and oxygen atoms in total. The van der Waals surface area contributed by atoms with Gasteiger partial charge in [-0.05, 0) is 42.8 Å². The van der Waals surface area contributed by atoms with Crippen molar-refractivity contribution >= 4 is 39.3 Å². The van der Waals surface area contributed by atoms with E-state index in [9.17, 15) is 14.4 Å². The number of fused-ring (bicyclic) bond motifs is 2. The molecule has 0 N–H and O–H groups in total. The summed E-state index contributed by atoms with van der Waals surface area (Å²) in [5, 5.41) is 6.09. The number of aryl methyl sites for hydroxylation is 1. The molecule has 0 aliphatic rings.